The highest BCUT2D eigenvalue weighted by Gasteiger charge is 2.22. The molecule has 0 radical (unpaired) electrons. The number of likely N-dealkylation sites (N-methyl/N-ethyl adjacent to an activating group) is 1. The summed E-state index contributed by atoms with van der Waals surface area (Å²) in [7, 11) is 6.29. The molecular formula is C36H43N3O. The van der Waals surface area contributed by atoms with Crippen molar-refractivity contribution in [1.82, 2.24) is 14.8 Å². The van der Waals surface area contributed by atoms with E-state index in [0.29, 0.717) is 12.6 Å². The van der Waals surface area contributed by atoms with Crippen molar-refractivity contribution in [1.29, 1.82) is 0 Å². The minimum absolute atomic E-state index is 0.610. The number of pyridine rings is 1. The third-order valence-electron chi connectivity index (χ3n) is 7.38. The Labute approximate surface area is 241 Å². The summed E-state index contributed by atoms with van der Waals surface area (Å²) >= 11 is 0. The number of likely N-dealkylation sites (tertiary alicyclic amines) is 1. The maximum atomic E-state index is 5.87. The number of allylic oxidation sites excluding steroid dienone is 1. The second-order valence-corrected chi connectivity index (χ2v) is 10.5. The van der Waals surface area contributed by atoms with Gasteiger partial charge in [-0.3, -0.25) is 9.88 Å². The first kappa shape index (κ1) is 29.3. The van der Waals surface area contributed by atoms with E-state index >= 15 is 0 Å². The smallest absolute Gasteiger partial charge is 0.119 e. The maximum Gasteiger partial charge on any atom is 0.119 e. The first-order valence-corrected chi connectivity index (χ1v) is 14.4. The molecule has 0 bridgehead atoms. The van der Waals surface area contributed by atoms with Crippen LogP contribution in [0.2, 0.25) is 0 Å². The first-order chi connectivity index (χ1) is 19.6. The predicted molar refractivity (Wildman–Crippen MR) is 168 cm³/mol. The fraction of sp³-hybridized carbons (Fsp3) is 0.306. The molecule has 4 heteroatoms. The standard InChI is InChI=1S/C26H29NO.C10H14N2/c1-4-25(21-11-7-5-8-12-21)26(22-13-9-6-10-14-22)23-15-17-24(18-16-23)28-20-19-27(2)3;1-12-7-3-5-10(12)9-4-2-6-11-8-9/h5-18H,4,19-20H2,1-3H3;2,4,6,8,10H,3,5,7H2,1H3/b26-25-;. The molecule has 4 aromatic rings. The van der Waals surface area contributed by atoms with Crippen molar-refractivity contribution in [3.8, 4) is 5.75 Å². The molecule has 0 N–H and O–H groups in total. The van der Waals surface area contributed by atoms with Gasteiger partial charge in [0, 0.05) is 25.0 Å². The fourth-order valence-electron chi connectivity index (χ4n) is 5.25. The fourth-order valence-corrected chi connectivity index (χ4v) is 5.25. The molecular weight excluding hydrogens is 490 g/mol. The summed E-state index contributed by atoms with van der Waals surface area (Å²) in [5.41, 5.74) is 7.73. The van der Waals surface area contributed by atoms with Gasteiger partial charge in [-0.1, -0.05) is 85.8 Å². The molecule has 1 unspecified atom stereocenters. The van der Waals surface area contributed by atoms with E-state index in [2.05, 4.69) is 134 Å². The van der Waals surface area contributed by atoms with Crippen LogP contribution < -0.4 is 4.74 Å². The third-order valence-corrected chi connectivity index (χ3v) is 7.38. The molecule has 208 valence electrons. The quantitative estimate of drug-likeness (QED) is 0.205. The van der Waals surface area contributed by atoms with Crippen molar-refractivity contribution in [3.63, 3.8) is 0 Å². The summed E-state index contributed by atoms with van der Waals surface area (Å²) in [4.78, 5) is 8.66. The van der Waals surface area contributed by atoms with E-state index in [1.807, 2.05) is 18.5 Å². The van der Waals surface area contributed by atoms with Gasteiger partial charge in [-0.25, -0.2) is 0 Å². The first-order valence-electron chi connectivity index (χ1n) is 14.4. The van der Waals surface area contributed by atoms with Crippen LogP contribution in [0.1, 0.15) is 54.5 Å². The monoisotopic (exact) mass is 533 g/mol. The lowest BCUT2D eigenvalue weighted by Gasteiger charge is -2.18. The Hall–Kier alpha value is -3.73. The van der Waals surface area contributed by atoms with Crippen molar-refractivity contribution in [2.75, 3.05) is 40.8 Å². The minimum atomic E-state index is 0.610. The SMILES string of the molecule is CC/C(=C(\c1ccccc1)c1ccc(OCCN(C)C)cc1)c1ccccc1.CN1CCCC1c1cccnc1. The van der Waals surface area contributed by atoms with E-state index in [1.54, 1.807) is 0 Å². The number of ether oxygens (including phenoxy) is 1. The van der Waals surface area contributed by atoms with Gasteiger partial charge in [-0.2, -0.15) is 0 Å². The van der Waals surface area contributed by atoms with Crippen molar-refractivity contribution in [2.24, 2.45) is 0 Å². The molecule has 1 saturated heterocycles. The van der Waals surface area contributed by atoms with Gasteiger partial charge < -0.3 is 9.64 Å². The lowest BCUT2D eigenvalue weighted by Crippen LogP contribution is -2.19. The van der Waals surface area contributed by atoms with Crippen molar-refractivity contribution < 1.29 is 4.74 Å². The normalized spacial score (nSPS) is 15.8. The highest BCUT2D eigenvalue weighted by Crippen LogP contribution is 2.35. The Morgan fingerprint density at radius 3 is 2.05 bits per heavy atom. The van der Waals surface area contributed by atoms with Crippen LogP contribution in [-0.2, 0) is 0 Å². The molecule has 40 heavy (non-hydrogen) atoms. The highest BCUT2D eigenvalue weighted by atomic mass is 16.5. The molecule has 1 aliphatic rings. The van der Waals surface area contributed by atoms with Gasteiger partial charge in [0.15, 0.2) is 0 Å². The van der Waals surface area contributed by atoms with E-state index in [-0.39, 0.29) is 0 Å². The second kappa shape index (κ2) is 15.2. The number of rotatable bonds is 9. The van der Waals surface area contributed by atoms with Crippen molar-refractivity contribution in [2.45, 2.75) is 32.2 Å². The van der Waals surface area contributed by atoms with Gasteiger partial charge in [0.05, 0.1) is 0 Å². The molecule has 1 fully saturated rings. The maximum absolute atomic E-state index is 5.87. The molecule has 0 spiro atoms. The molecule has 0 saturated carbocycles. The summed E-state index contributed by atoms with van der Waals surface area (Å²) in [6.07, 6.45) is 7.37. The van der Waals surface area contributed by atoms with E-state index < -0.39 is 0 Å². The molecule has 5 rings (SSSR count). The van der Waals surface area contributed by atoms with Crippen molar-refractivity contribution >= 4 is 11.1 Å². The Morgan fingerprint density at radius 2 is 1.50 bits per heavy atom. The number of aromatic nitrogens is 1. The zero-order valence-electron chi connectivity index (χ0n) is 24.5. The lowest BCUT2D eigenvalue weighted by atomic mass is 9.88. The number of hydrogen-bond acceptors (Lipinski definition) is 4. The highest BCUT2D eigenvalue weighted by molar-refractivity contribution is 5.98. The summed E-state index contributed by atoms with van der Waals surface area (Å²) in [5, 5.41) is 0. The van der Waals surface area contributed by atoms with E-state index in [4.69, 9.17) is 4.74 Å². The Kier molecular flexibility index (Phi) is 11.1. The molecule has 0 amide bonds. The van der Waals surface area contributed by atoms with Crippen LogP contribution in [0.3, 0.4) is 0 Å². The molecule has 4 nitrogen and oxygen atoms in total. The minimum Gasteiger partial charge on any atom is -0.492 e. The second-order valence-electron chi connectivity index (χ2n) is 10.5. The average Bonchev–Trinajstić information content (AvgIpc) is 3.43. The average molecular weight is 534 g/mol. The van der Waals surface area contributed by atoms with Gasteiger partial charge in [-0.05, 0) is 98.5 Å². The number of nitrogens with zero attached hydrogens (tertiary/aromatic N) is 3. The number of benzene rings is 3. The Balaban J connectivity index is 0.000000255. The zero-order chi connectivity index (χ0) is 28.2. The largest absolute Gasteiger partial charge is 0.492 e. The summed E-state index contributed by atoms with van der Waals surface area (Å²) in [6.45, 7) is 5.05. The van der Waals surface area contributed by atoms with E-state index in [0.717, 1.165) is 18.7 Å². The van der Waals surface area contributed by atoms with E-state index in [9.17, 15) is 0 Å². The molecule has 2 heterocycles. The number of hydrogen-bond donors (Lipinski definition) is 0. The predicted octanol–water partition coefficient (Wildman–Crippen LogP) is 7.84. The summed E-state index contributed by atoms with van der Waals surface area (Å²) in [6, 6.07) is 34.6. The van der Waals surface area contributed by atoms with Crippen LogP contribution in [0.4, 0.5) is 0 Å². The topological polar surface area (TPSA) is 28.6 Å². The van der Waals surface area contributed by atoms with Gasteiger partial charge in [-0.15, -0.1) is 0 Å². The molecule has 0 aliphatic carbocycles. The summed E-state index contributed by atoms with van der Waals surface area (Å²) in [5.74, 6) is 0.913. The van der Waals surface area contributed by atoms with E-state index in [1.165, 1.54) is 52.8 Å². The van der Waals surface area contributed by atoms with Gasteiger partial charge in [0.1, 0.15) is 12.4 Å². The molecule has 3 aromatic carbocycles. The lowest BCUT2D eigenvalue weighted by molar-refractivity contribution is 0.261. The van der Waals surface area contributed by atoms with Crippen LogP contribution in [0.25, 0.3) is 11.1 Å². The third kappa shape index (κ3) is 8.14. The van der Waals surface area contributed by atoms with Gasteiger partial charge in [0.2, 0.25) is 0 Å². The zero-order valence-corrected chi connectivity index (χ0v) is 24.5. The van der Waals surface area contributed by atoms with Crippen LogP contribution in [-0.4, -0.2) is 55.6 Å². The molecule has 1 aromatic heterocycles. The Morgan fingerprint density at radius 1 is 0.850 bits per heavy atom. The van der Waals surface area contributed by atoms with Crippen molar-refractivity contribution in [3.05, 3.63) is 132 Å². The van der Waals surface area contributed by atoms with Crippen LogP contribution in [0.5, 0.6) is 5.75 Å². The molecule has 1 atom stereocenters. The van der Waals surface area contributed by atoms with Gasteiger partial charge in [0.25, 0.3) is 0 Å². The Bertz CT molecular complexity index is 1300. The van der Waals surface area contributed by atoms with Crippen LogP contribution in [0, 0.1) is 0 Å². The van der Waals surface area contributed by atoms with Crippen LogP contribution >= 0.6 is 0 Å². The van der Waals surface area contributed by atoms with Crippen LogP contribution in [0.15, 0.2) is 109 Å². The summed E-state index contributed by atoms with van der Waals surface area (Å²) < 4.78 is 5.87. The van der Waals surface area contributed by atoms with Gasteiger partial charge >= 0.3 is 0 Å². The molecule has 1 aliphatic heterocycles.